The highest BCUT2D eigenvalue weighted by atomic mass is 79.9. The maximum Gasteiger partial charge on any atom is 0.262 e. The molecule has 1 aliphatic rings. The Morgan fingerprint density at radius 1 is 1.43 bits per heavy atom. The molecule has 1 aromatic rings. The number of carbonyl (C=O) groups excluding carboxylic acids is 1. The van der Waals surface area contributed by atoms with E-state index in [1.165, 1.54) is 0 Å². The molecular weight excluding hydrogens is 385 g/mol. The zero-order valence-electron chi connectivity index (χ0n) is 11.2. The number of halogens is 3. The van der Waals surface area contributed by atoms with Crippen molar-refractivity contribution >= 4 is 41.6 Å². The number of carbonyl (C=O) groups is 1. The lowest BCUT2D eigenvalue weighted by atomic mass is 10.1. The molecule has 0 aromatic heterocycles. The van der Waals surface area contributed by atoms with Gasteiger partial charge in [0, 0.05) is 22.3 Å². The lowest BCUT2D eigenvalue weighted by Gasteiger charge is -2.13. The quantitative estimate of drug-likeness (QED) is 0.793. The second-order valence-electron chi connectivity index (χ2n) is 5.30. The van der Waals surface area contributed by atoms with Crippen molar-refractivity contribution in [3.8, 4) is 0 Å². The number of hydrogen-bond acceptors (Lipinski definition) is 3. The van der Waals surface area contributed by atoms with E-state index in [0.717, 1.165) is 31.4 Å². The molecule has 1 amide bonds. The molecule has 2 atom stereocenters. The molecule has 1 N–H and O–H groups in total. The molecule has 0 aliphatic heterocycles. The molecule has 0 saturated heterocycles. The minimum absolute atomic E-state index is 0.0373. The number of nitrogens with one attached hydrogen (secondary N) is 1. The van der Waals surface area contributed by atoms with E-state index in [1.807, 2.05) is 0 Å². The molecule has 4 nitrogen and oxygen atoms in total. The van der Waals surface area contributed by atoms with E-state index in [2.05, 4.69) is 28.2 Å². The predicted molar refractivity (Wildman–Crippen MR) is 81.4 cm³/mol. The van der Waals surface area contributed by atoms with E-state index in [1.54, 1.807) is 0 Å². The van der Waals surface area contributed by atoms with Gasteiger partial charge in [0.2, 0.25) is 0 Å². The number of benzene rings is 1. The maximum atomic E-state index is 13.8. The first-order valence-electron chi connectivity index (χ1n) is 6.43. The zero-order chi connectivity index (χ0) is 15.8. The summed E-state index contributed by atoms with van der Waals surface area (Å²) in [5, 5.41) is 2.79. The van der Waals surface area contributed by atoms with Crippen molar-refractivity contribution in [2.24, 2.45) is 5.92 Å². The molecule has 1 aromatic carbocycles. The van der Waals surface area contributed by atoms with Crippen molar-refractivity contribution < 1.29 is 17.6 Å². The maximum absolute atomic E-state index is 13.8. The average Bonchev–Trinajstić information content (AvgIpc) is 2.76. The average molecular weight is 399 g/mol. The van der Waals surface area contributed by atoms with E-state index in [0.29, 0.717) is 5.92 Å². The topological polar surface area (TPSA) is 63.2 Å². The van der Waals surface area contributed by atoms with Crippen molar-refractivity contribution in [1.29, 1.82) is 0 Å². The van der Waals surface area contributed by atoms with Gasteiger partial charge in [-0.25, -0.2) is 12.8 Å². The first-order chi connectivity index (χ1) is 9.68. The minimum Gasteiger partial charge on any atom is -0.349 e. The van der Waals surface area contributed by atoms with Crippen LogP contribution < -0.4 is 5.32 Å². The van der Waals surface area contributed by atoms with E-state index >= 15 is 0 Å². The standard InChI is InChI=1S/C13H14BrClFNO3S/c1-7-2-3-9(4-7)17-13(18)8-5-10(16)12(14)11(6-8)21(15,19)20/h5-7,9H,2-4H2,1H3,(H,17,18). The van der Waals surface area contributed by atoms with Crippen molar-refractivity contribution in [3.63, 3.8) is 0 Å². The molecular formula is C13H14BrClFNO3S. The summed E-state index contributed by atoms with van der Waals surface area (Å²) >= 11 is 2.82. The van der Waals surface area contributed by atoms with E-state index in [4.69, 9.17) is 10.7 Å². The summed E-state index contributed by atoms with van der Waals surface area (Å²) in [7, 11) is 1.10. The molecule has 116 valence electrons. The van der Waals surface area contributed by atoms with Gasteiger partial charge in [-0.2, -0.15) is 0 Å². The van der Waals surface area contributed by atoms with E-state index in [9.17, 15) is 17.6 Å². The van der Waals surface area contributed by atoms with Gasteiger partial charge in [-0.15, -0.1) is 0 Å². The van der Waals surface area contributed by atoms with Gasteiger partial charge in [0.25, 0.3) is 15.0 Å². The first-order valence-corrected chi connectivity index (χ1v) is 9.53. The monoisotopic (exact) mass is 397 g/mol. The minimum atomic E-state index is -4.14. The normalized spacial score (nSPS) is 22.3. The van der Waals surface area contributed by atoms with Gasteiger partial charge in [-0.05, 0) is 53.2 Å². The zero-order valence-corrected chi connectivity index (χ0v) is 14.4. The Hall–Kier alpha value is -0.660. The fraction of sp³-hybridized carbons (Fsp3) is 0.462. The number of amides is 1. The van der Waals surface area contributed by atoms with Crippen LogP contribution in [0.1, 0.15) is 36.5 Å². The lowest BCUT2D eigenvalue weighted by Crippen LogP contribution is -2.33. The highest BCUT2D eigenvalue weighted by Gasteiger charge is 2.25. The van der Waals surface area contributed by atoms with Gasteiger partial charge in [-0.3, -0.25) is 4.79 Å². The van der Waals surface area contributed by atoms with Crippen molar-refractivity contribution in [2.75, 3.05) is 0 Å². The number of rotatable bonds is 3. The molecule has 1 aliphatic carbocycles. The van der Waals surface area contributed by atoms with Gasteiger partial charge in [0.15, 0.2) is 0 Å². The van der Waals surface area contributed by atoms with Crippen LogP contribution in [0.5, 0.6) is 0 Å². The third-order valence-electron chi connectivity index (χ3n) is 3.55. The molecule has 0 spiro atoms. The van der Waals surface area contributed by atoms with E-state index in [-0.39, 0.29) is 16.1 Å². The Bertz CT molecular complexity index is 680. The molecule has 1 saturated carbocycles. The SMILES string of the molecule is CC1CCC(NC(=O)c2cc(F)c(Br)c(S(=O)(=O)Cl)c2)C1. The second kappa shape index (κ2) is 6.22. The van der Waals surface area contributed by atoms with Gasteiger partial charge in [0.05, 0.1) is 4.47 Å². The molecule has 0 radical (unpaired) electrons. The molecule has 2 rings (SSSR count). The summed E-state index contributed by atoms with van der Waals surface area (Å²) in [6.07, 6.45) is 2.76. The Morgan fingerprint density at radius 2 is 2.10 bits per heavy atom. The molecule has 0 heterocycles. The summed E-state index contributed by atoms with van der Waals surface area (Å²) in [5.41, 5.74) is -0.0607. The highest BCUT2D eigenvalue weighted by Crippen LogP contribution is 2.30. The third-order valence-corrected chi connectivity index (χ3v) is 5.96. The fourth-order valence-electron chi connectivity index (χ4n) is 2.48. The summed E-state index contributed by atoms with van der Waals surface area (Å²) in [6, 6.07) is 2.10. The lowest BCUT2D eigenvalue weighted by molar-refractivity contribution is 0.0936. The van der Waals surface area contributed by atoms with Crippen LogP contribution in [0.3, 0.4) is 0 Å². The Balaban J connectivity index is 2.28. The first kappa shape index (κ1) is 16.7. The van der Waals surface area contributed by atoms with Crippen LogP contribution in [0.15, 0.2) is 21.5 Å². The van der Waals surface area contributed by atoms with Crippen LogP contribution in [0.25, 0.3) is 0 Å². The summed E-state index contributed by atoms with van der Waals surface area (Å²) in [4.78, 5) is 11.7. The molecule has 21 heavy (non-hydrogen) atoms. The van der Waals surface area contributed by atoms with Gasteiger partial charge >= 0.3 is 0 Å². The largest absolute Gasteiger partial charge is 0.349 e. The molecule has 1 fully saturated rings. The van der Waals surface area contributed by atoms with Gasteiger partial charge in [0.1, 0.15) is 10.7 Å². The predicted octanol–water partition coefficient (Wildman–Crippen LogP) is 3.43. The summed E-state index contributed by atoms with van der Waals surface area (Å²) < 4.78 is 36.3. The van der Waals surface area contributed by atoms with E-state index < -0.39 is 25.7 Å². The van der Waals surface area contributed by atoms with Crippen molar-refractivity contribution in [1.82, 2.24) is 5.32 Å². The Morgan fingerprint density at radius 3 is 2.62 bits per heavy atom. The number of hydrogen-bond donors (Lipinski definition) is 1. The van der Waals surface area contributed by atoms with Crippen LogP contribution in [0, 0.1) is 11.7 Å². The van der Waals surface area contributed by atoms with Crippen LogP contribution in [0.4, 0.5) is 4.39 Å². The molecule has 0 bridgehead atoms. The van der Waals surface area contributed by atoms with Crippen LogP contribution in [-0.4, -0.2) is 20.4 Å². The highest BCUT2D eigenvalue weighted by molar-refractivity contribution is 9.10. The van der Waals surface area contributed by atoms with Crippen LogP contribution in [-0.2, 0) is 9.05 Å². The summed E-state index contributed by atoms with van der Waals surface area (Å²) in [5.74, 6) is -0.806. The molecule has 8 heteroatoms. The molecule has 2 unspecified atom stereocenters. The van der Waals surface area contributed by atoms with Gasteiger partial charge < -0.3 is 5.32 Å². The van der Waals surface area contributed by atoms with Gasteiger partial charge in [-0.1, -0.05) is 6.92 Å². The third kappa shape index (κ3) is 3.96. The van der Waals surface area contributed by atoms with Crippen LogP contribution in [0.2, 0.25) is 0 Å². The van der Waals surface area contributed by atoms with Crippen molar-refractivity contribution in [3.05, 3.63) is 28.0 Å². The summed E-state index contributed by atoms with van der Waals surface area (Å²) in [6.45, 7) is 2.10. The second-order valence-corrected chi connectivity index (χ2v) is 8.62. The Kier molecular flexibility index (Phi) is 4.95. The fourth-order valence-corrected chi connectivity index (χ4v) is 4.57. The Labute approximate surface area is 135 Å². The van der Waals surface area contributed by atoms with Crippen LogP contribution >= 0.6 is 26.6 Å². The smallest absolute Gasteiger partial charge is 0.262 e. The van der Waals surface area contributed by atoms with Crippen molar-refractivity contribution in [2.45, 2.75) is 37.1 Å².